The van der Waals surface area contributed by atoms with Crippen molar-refractivity contribution in [2.75, 3.05) is 175 Å². The summed E-state index contributed by atoms with van der Waals surface area (Å²) in [6.45, 7) is 21.0. The number of carbonyl (C=O) groups excluding carboxylic acids is 9. The van der Waals surface area contributed by atoms with Gasteiger partial charge in [0.05, 0.1) is 77.3 Å². The van der Waals surface area contributed by atoms with Crippen LogP contribution in [0.1, 0.15) is 242 Å². The Kier molecular flexibility index (Phi) is 53.9. The maximum absolute atomic E-state index is 13.6. The molecule has 1 aliphatic carbocycles. The molecular weight excluding hydrogens is 1640 g/mol. The zero-order valence-electron chi connectivity index (χ0n) is 77.3. The number of ketones is 2. The van der Waals surface area contributed by atoms with Crippen LogP contribution >= 0.6 is 11.8 Å². The fraction of sp³-hybridized carbons (Fsp3) is 0.636. The molecule has 2 heterocycles. The van der Waals surface area contributed by atoms with Crippen LogP contribution in [0.2, 0.25) is 0 Å². The van der Waals surface area contributed by atoms with Gasteiger partial charge in [0.2, 0.25) is 35.2 Å². The molecule has 27 nitrogen and oxygen atoms in total. The highest BCUT2D eigenvalue weighted by Crippen LogP contribution is 2.48. The third-order valence-electron chi connectivity index (χ3n) is 22.5. The van der Waals surface area contributed by atoms with E-state index in [1.807, 2.05) is 12.1 Å². The lowest BCUT2D eigenvalue weighted by Gasteiger charge is -2.27. The van der Waals surface area contributed by atoms with Gasteiger partial charge in [0.15, 0.2) is 17.3 Å². The lowest BCUT2D eigenvalue weighted by Crippen LogP contribution is -2.50. The van der Waals surface area contributed by atoms with Gasteiger partial charge in [-0.2, -0.15) is 16.3 Å². The normalized spacial score (nSPS) is 15.1. The van der Waals surface area contributed by atoms with Crippen LogP contribution in [0.3, 0.4) is 0 Å². The molecule has 0 aromatic heterocycles. The molecule has 6 amide bonds. The van der Waals surface area contributed by atoms with Gasteiger partial charge in [-0.15, -0.1) is 0 Å². The van der Waals surface area contributed by atoms with E-state index in [1.165, 1.54) is 120 Å². The first-order valence-electron chi connectivity index (χ1n) is 46.9. The van der Waals surface area contributed by atoms with Crippen molar-refractivity contribution >= 4 is 87.4 Å². The number of benzene rings is 3. The van der Waals surface area contributed by atoms with Gasteiger partial charge in [0.25, 0.3) is 5.91 Å². The van der Waals surface area contributed by atoms with Crippen molar-refractivity contribution in [3.05, 3.63) is 136 Å². The Morgan fingerprint density at radius 2 is 1.09 bits per heavy atom. The molecule has 3 aromatic carbocycles. The number of allylic oxidation sites excluding steroid dienone is 8. The van der Waals surface area contributed by atoms with Gasteiger partial charge >= 0.3 is 5.97 Å². The van der Waals surface area contributed by atoms with Crippen LogP contribution in [-0.2, 0) is 91.8 Å². The molecule has 2 atom stereocenters. The summed E-state index contributed by atoms with van der Waals surface area (Å²) in [5, 5.41) is 23.6. The van der Waals surface area contributed by atoms with Crippen LogP contribution in [0, 0.1) is 5.92 Å². The Bertz CT molecular complexity index is 3970. The van der Waals surface area contributed by atoms with E-state index in [9.17, 15) is 48.3 Å². The third-order valence-corrected chi connectivity index (χ3v) is 23.6. The van der Waals surface area contributed by atoms with E-state index in [1.54, 1.807) is 0 Å². The van der Waals surface area contributed by atoms with Crippen LogP contribution in [0.4, 0.5) is 11.4 Å². The van der Waals surface area contributed by atoms with E-state index in [4.69, 9.17) is 48.4 Å². The molecule has 0 saturated heterocycles. The highest BCUT2D eigenvalue weighted by atomic mass is 32.2. The van der Waals surface area contributed by atoms with Gasteiger partial charge in [-0.25, -0.2) is 0 Å². The molecule has 6 rings (SSSR count). The smallest absolute Gasteiger partial charge is 0.305 e. The minimum atomic E-state index is -1.15. The summed E-state index contributed by atoms with van der Waals surface area (Å²) < 4.78 is 52.1. The van der Waals surface area contributed by atoms with Gasteiger partial charge in [0, 0.05) is 130 Å². The Labute approximate surface area is 760 Å². The quantitative estimate of drug-likeness (QED) is 0.0157. The van der Waals surface area contributed by atoms with E-state index in [2.05, 4.69) is 169 Å². The van der Waals surface area contributed by atoms with E-state index in [-0.39, 0.29) is 86.0 Å². The molecule has 0 saturated carbocycles. The van der Waals surface area contributed by atoms with E-state index in [0.29, 0.717) is 142 Å². The Morgan fingerprint density at radius 1 is 0.528 bits per heavy atom. The summed E-state index contributed by atoms with van der Waals surface area (Å²) in [4.78, 5) is 117. The van der Waals surface area contributed by atoms with Crippen LogP contribution in [-0.4, -0.2) is 244 Å². The number of nitrogens with zero attached hydrogens (tertiary/aromatic N) is 2. The topological polar surface area (TPSA) is 349 Å². The zero-order chi connectivity index (χ0) is 91.5. The Morgan fingerprint density at radius 3 is 1.72 bits per heavy atom. The molecule has 0 unspecified atom stereocenters. The number of thioether (sulfide) groups is 1. The minimum Gasteiger partial charge on any atom is -0.465 e. The van der Waals surface area contributed by atoms with Gasteiger partial charge in [-0.1, -0.05) is 172 Å². The van der Waals surface area contributed by atoms with Gasteiger partial charge < -0.3 is 85.0 Å². The number of unbranched alkanes of at least 4 members (excludes halogenated alkanes) is 13. The second-order valence-corrected chi connectivity index (χ2v) is 34.9. The SMILES string of the molecule is CCCCCCCCCCCCCCCC(=O)OCCSC[C@H](NC(=O)COCC(=O)CCCCOCCOCCOCCCNC(=O)c1ccc(C2=C(/C=C/C3=[N+](CCC)c4ccccc4C3(C)C)CCC/C2=C\C=C2\N(CCC)c3ccccc3C2(C)C)cc1)C(=O)NCC(=O)C[C@H](CO)C(=O)NCCCOCCOCCOCCCNC(=O)COCC(N)=O. The predicted octanol–water partition coefficient (Wildman–Crippen LogP) is 13.1. The molecule has 3 aliphatic rings. The molecular formula is C99H151N8O19S+. The van der Waals surface area contributed by atoms with E-state index in [0.717, 1.165) is 76.4 Å². The highest BCUT2D eigenvalue weighted by molar-refractivity contribution is 7.99. The van der Waals surface area contributed by atoms with Crippen molar-refractivity contribution in [3.8, 4) is 0 Å². The molecule has 0 fully saturated rings. The summed E-state index contributed by atoms with van der Waals surface area (Å²) in [6.07, 6.45) is 33.0. The summed E-state index contributed by atoms with van der Waals surface area (Å²) >= 11 is 1.26. The minimum absolute atomic E-state index is 0.0488. The average Bonchev–Trinajstić information content (AvgIpc) is 1.60. The fourth-order valence-corrected chi connectivity index (χ4v) is 16.6. The number of esters is 1. The number of Topliss-reactive ketones (excluding diaryl/α,β-unsaturated/α-hetero) is 2. The second-order valence-electron chi connectivity index (χ2n) is 33.7. The van der Waals surface area contributed by atoms with Crippen molar-refractivity contribution in [2.24, 2.45) is 11.7 Å². The third kappa shape index (κ3) is 41.1. The Hall–Kier alpha value is -8.29. The summed E-state index contributed by atoms with van der Waals surface area (Å²) in [5.41, 5.74) is 18.0. The van der Waals surface area contributed by atoms with Crippen LogP contribution in [0.15, 0.2) is 114 Å². The molecule has 8 N–H and O–H groups in total. The molecule has 0 spiro atoms. The number of ether oxygens (including phenoxy) is 9. The summed E-state index contributed by atoms with van der Waals surface area (Å²) in [5.74, 6) is -4.79. The molecule has 0 bridgehead atoms. The monoisotopic (exact) mass is 1790 g/mol. The number of para-hydroxylation sites is 2. The largest absolute Gasteiger partial charge is 0.465 e. The second kappa shape index (κ2) is 63.7. The zero-order valence-corrected chi connectivity index (χ0v) is 78.2. The molecule has 706 valence electrons. The number of aliphatic hydroxyl groups is 1. The summed E-state index contributed by atoms with van der Waals surface area (Å²) in [7, 11) is 0. The number of hydrogen-bond acceptors (Lipinski definition) is 21. The average molecular weight is 1790 g/mol. The number of hydrogen-bond donors (Lipinski definition) is 7. The van der Waals surface area contributed by atoms with Crippen LogP contribution in [0.5, 0.6) is 0 Å². The first-order valence-corrected chi connectivity index (χ1v) is 48.0. The van der Waals surface area contributed by atoms with Crippen molar-refractivity contribution in [1.82, 2.24) is 26.6 Å². The molecule has 2 aliphatic heterocycles. The van der Waals surface area contributed by atoms with Gasteiger partial charge in [0.1, 0.15) is 45.6 Å². The number of amides is 6. The number of carbonyl (C=O) groups is 9. The maximum Gasteiger partial charge on any atom is 0.305 e. The van der Waals surface area contributed by atoms with Crippen LogP contribution < -0.4 is 37.2 Å². The number of rotatable bonds is 73. The highest BCUT2D eigenvalue weighted by Gasteiger charge is 2.44. The molecule has 127 heavy (non-hydrogen) atoms. The number of primary amides is 1. The molecule has 3 aromatic rings. The van der Waals surface area contributed by atoms with E-state index >= 15 is 0 Å². The summed E-state index contributed by atoms with van der Waals surface area (Å²) in [6, 6.07) is 24.6. The van der Waals surface area contributed by atoms with Crippen LogP contribution in [0.25, 0.3) is 5.57 Å². The maximum atomic E-state index is 13.6. The van der Waals surface area contributed by atoms with Gasteiger partial charge in [-0.05, 0) is 130 Å². The lowest BCUT2D eigenvalue weighted by atomic mass is 9.79. The van der Waals surface area contributed by atoms with Crippen molar-refractivity contribution in [3.63, 3.8) is 0 Å². The molecule has 0 radical (unpaired) electrons. The Balaban J connectivity index is 0.842. The predicted molar refractivity (Wildman–Crippen MR) is 500 cm³/mol. The first kappa shape index (κ1) is 107. The van der Waals surface area contributed by atoms with Gasteiger partial charge in [-0.3, -0.25) is 43.2 Å². The number of fused-ring (bicyclic) bond motifs is 2. The standard InChI is InChI=1S/C99H150N8O19S/c1-8-11-12-13-14-15-16-17-18-19-20-21-22-40-93(114)126-66-67-127-75-85(97(117)104-69-82(110)68-80(70-108)96(116)103-51-32-57-121-61-65-123-63-59-119-55-30-49-101-91(112)73-125-72-90(100)111)105-92(113)74-124-71-81(109)35-27-28-54-118-58-62-122-64-60-120-56-31-50-102-95(115)79-43-41-78(42-44-79)94-76(45-47-88-98(4,5)83-36-23-25-38-86(83)106(88)52-9-2)33-29-34-77(94)46-48-89-99(6,7)84-37-24-26-39-87(84)107(89)53-10-3/h23-26,36-39,41-48,80,85,108H,8-22,27-35,40,49-75H2,1-7H3,(H6-,100,101,102,103,104,105,111,112,113,115,116,117)/p+1/t80-,85+/m1/s1. The molecule has 28 heteroatoms. The lowest BCUT2D eigenvalue weighted by molar-refractivity contribution is -0.437. The van der Waals surface area contributed by atoms with Crippen molar-refractivity contribution < 1.29 is 95.5 Å². The first-order chi connectivity index (χ1) is 61.6. The van der Waals surface area contributed by atoms with Crippen molar-refractivity contribution in [2.45, 2.75) is 232 Å². The van der Waals surface area contributed by atoms with E-state index < -0.39 is 61.1 Å². The number of anilines is 1. The number of nitrogens with two attached hydrogens (primary N) is 1. The number of aliphatic hydroxyl groups excluding tert-OH is 1. The number of nitrogens with one attached hydrogen (secondary N) is 5. The fourth-order valence-electron chi connectivity index (χ4n) is 15.7. The van der Waals surface area contributed by atoms with Crippen molar-refractivity contribution in [1.29, 1.82) is 0 Å².